The standard InChI is InChI=1S/C12H14N2O4/c15-9-5-10(12(17)18)14(7-9)11(16)4-8-2-1-3-13-6-8/h1-3,6,9-10,15H,4-5,7H2,(H,17,18)/t9-,10-/m0/s1. The number of carboxylic acid groups (broad SMARTS) is 1. The predicted octanol–water partition coefficient (Wildman–Crippen LogP) is -0.330. The Hall–Kier alpha value is -1.95. The fourth-order valence-corrected chi connectivity index (χ4v) is 2.10. The molecule has 0 saturated carbocycles. The quantitative estimate of drug-likeness (QED) is 0.766. The third-order valence-corrected chi connectivity index (χ3v) is 2.96. The first-order valence-corrected chi connectivity index (χ1v) is 5.67. The number of aliphatic hydroxyl groups excluding tert-OH is 1. The second-order valence-corrected chi connectivity index (χ2v) is 4.33. The van der Waals surface area contributed by atoms with E-state index in [2.05, 4.69) is 4.98 Å². The zero-order valence-corrected chi connectivity index (χ0v) is 9.69. The number of carboxylic acids is 1. The van der Waals surface area contributed by atoms with Gasteiger partial charge in [0.1, 0.15) is 6.04 Å². The topological polar surface area (TPSA) is 90.7 Å². The van der Waals surface area contributed by atoms with Gasteiger partial charge in [-0.15, -0.1) is 0 Å². The first-order chi connectivity index (χ1) is 8.58. The first kappa shape index (κ1) is 12.5. The highest BCUT2D eigenvalue weighted by Gasteiger charge is 2.38. The molecule has 2 rings (SSSR count). The number of carbonyl (C=O) groups is 2. The van der Waals surface area contributed by atoms with Gasteiger partial charge in [-0.3, -0.25) is 9.78 Å². The molecule has 2 N–H and O–H groups in total. The van der Waals surface area contributed by atoms with Crippen LogP contribution in [0.1, 0.15) is 12.0 Å². The number of aromatic nitrogens is 1. The summed E-state index contributed by atoms with van der Waals surface area (Å²) in [4.78, 5) is 28.1. The number of hydrogen-bond acceptors (Lipinski definition) is 4. The normalized spacial score (nSPS) is 23.1. The summed E-state index contributed by atoms with van der Waals surface area (Å²) in [7, 11) is 0. The second kappa shape index (κ2) is 5.14. The van der Waals surface area contributed by atoms with Gasteiger partial charge in [0.05, 0.1) is 12.5 Å². The van der Waals surface area contributed by atoms with Crippen LogP contribution in [0, 0.1) is 0 Å². The number of rotatable bonds is 3. The molecule has 0 aliphatic carbocycles. The lowest BCUT2D eigenvalue weighted by atomic mass is 10.1. The summed E-state index contributed by atoms with van der Waals surface area (Å²) in [5.74, 6) is -1.38. The van der Waals surface area contributed by atoms with Crippen LogP contribution in [0.25, 0.3) is 0 Å². The third-order valence-electron chi connectivity index (χ3n) is 2.96. The number of nitrogens with zero attached hydrogens (tertiary/aromatic N) is 2. The predicted molar refractivity (Wildman–Crippen MR) is 61.7 cm³/mol. The molecule has 0 radical (unpaired) electrons. The number of pyridine rings is 1. The number of likely N-dealkylation sites (tertiary alicyclic amines) is 1. The zero-order valence-electron chi connectivity index (χ0n) is 9.69. The highest BCUT2D eigenvalue weighted by molar-refractivity contribution is 5.85. The summed E-state index contributed by atoms with van der Waals surface area (Å²) >= 11 is 0. The largest absolute Gasteiger partial charge is 0.480 e. The molecule has 1 aromatic rings. The average Bonchev–Trinajstić information content (AvgIpc) is 2.73. The van der Waals surface area contributed by atoms with Crippen molar-refractivity contribution in [2.45, 2.75) is 25.0 Å². The molecule has 6 nitrogen and oxygen atoms in total. The lowest BCUT2D eigenvalue weighted by molar-refractivity contribution is -0.148. The van der Waals surface area contributed by atoms with Gasteiger partial charge in [0.25, 0.3) is 0 Å². The molecule has 1 aliphatic rings. The number of carbonyl (C=O) groups excluding carboxylic acids is 1. The van der Waals surface area contributed by atoms with Gasteiger partial charge < -0.3 is 15.1 Å². The lowest BCUT2D eigenvalue weighted by Crippen LogP contribution is -2.41. The van der Waals surface area contributed by atoms with Crippen molar-refractivity contribution >= 4 is 11.9 Å². The Morgan fingerprint density at radius 2 is 2.28 bits per heavy atom. The molecule has 1 amide bonds. The molecule has 18 heavy (non-hydrogen) atoms. The summed E-state index contributed by atoms with van der Waals surface area (Å²) in [5, 5.41) is 18.5. The van der Waals surface area contributed by atoms with Crippen molar-refractivity contribution in [1.29, 1.82) is 0 Å². The third kappa shape index (κ3) is 2.65. The van der Waals surface area contributed by atoms with Crippen molar-refractivity contribution in [3.8, 4) is 0 Å². The molecule has 0 spiro atoms. The van der Waals surface area contributed by atoms with Crippen LogP contribution in [0.3, 0.4) is 0 Å². The number of amides is 1. The van der Waals surface area contributed by atoms with Gasteiger partial charge in [0, 0.05) is 25.4 Å². The summed E-state index contributed by atoms with van der Waals surface area (Å²) in [6, 6.07) is 2.55. The highest BCUT2D eigenvalue weighted by atomic mass is 16.4. The van der Waals surface area contributed by atoms with Crippen molar-refractivity contribution < 1.29 is 19.8 Å². The van der Waals surface area contributed by atoms with E-state index < -0.39 is 18.1 Å². The summed E-state index contributed by atoms with van der Waals surface area (Å²) < 4.78 is 0. The molecule has 1 fully saturated rings. The first-order valence-electron chi connectivity index (χ1n) is 5.67. The van der Waals surface area contributed by atoms with Gasteiger partial charge in [-0.2, -0.15) is 0 Å². The molecule has 2 heterocycles. The van der Waals surface area contributed by atoms with Crippen LogP contribution >= 0.6 is 0 Å². The highest BCUT2D eigenvalue weighted by Crippen LogP contribution is 2.19. The fourth-order valence-electron chi connectivity index (χ4n) is 2.10. The van der Waals surface area contributed by atoms with Crippen LogP contribution in [-0.2, 0) is 16.0 Å². The van der Waals surface area contributed by atoms with E-state index in [1.54, 1.807) is 24.5 Å². The minimum atomic E-state index is -1.08. The molecule has 1 saturated heterocycles. The van der Waals surface area contributed by atoms with Crippen LogP contribution < -0.4 is 0 Å². The molecule has 1 aliphatic heterocycles. The van der Waals surface area contributed by atoms with E-state index in [1.807, 2.05) is 0 Å². The summed E-state index contributed by atoms with van der Waals surface area (Å²) in [5.41, 5.74) is 0.730. The Kier molecular flexibility index (Phi) is 3.57. The second-order valence-electron chi connectivity index (χ2n) is 4.33. The summed E-state index contributed by atoms with van der Waals surface area (Å²) in [6.45, 7) is 0.0794. The van der Waals surface area contributed by atoms with Gasteiger partial charge in [-0.25, -0.2) is 4.79 Å². The Morgan fingerprint density at radius 1 is 1.50 bits per heavy atom. The smallest absolute Gasteiger partial charge is 0.326 e. The van der Waals surface area contributed by atoms with E-state index in [0.29, 0.717) is 0 Å². The van der Waals surface area contributed by atoms with E-state index >= 15 is 0 Å². The Bertz CT molecular complexity index is 449. The molecule has 0 bridgehead atoms. The van der Waals surface area contributed by atoms with Crippen molar-refractivity contribution in [2.24, 2.45) is 0 Å². The maximum atomic E-state index is 12.0. The fraction of sp³-hybridized carbons (Fsp3) is 0.417. The number of aliphatic carboxylic acids is 1. The number of β-amino-alcohol motifs (C(OH)–C–C–N with tert-alkyl or cyclic N) is 1. The van der Waals surface area contributed by atoms with Crippen molar-refractivity contribution in [3.63, 3.8) is 0 Å². The molecule has 6 heteroatoms. The van der Waals surface area contributed by atoms with Crippen LogP contribution in [0.15, 0.2) is 24.5 Å². The minimum absolute atomic E-state index is 0.0794. The van der Waals surface area contributed by atoms with Crippen molar-refractivity contribution in [3.05, 3.63) is 30.1 Å². The van der Waals surface area contributed by atoms with Gasteiger partial charge in [0.15, 0.2) is 0 Å². The van der Waals surface area contributed by atoms with Crippen molar-refractivity contribution in [2.75, 3.05) is 6.54 Å². The van der Waals surface area contributed by atoms with E-state index in [0.717, 1.165) is 5.56 Å². The molecule has 1 aromatic heterocycles. The Labute approximate surface area is 104 Å². The van der Waals surface area contributed by atoms with Crippen LogP contribution in [-0.4, -0.2) is 50.7 Å². The molecule has 96 valence electrons. The van der Waals surface area contributed by atoms with Crippen molar-refractivity contribution in [1.82, 2.24) is 9.88 Å². The lowest BCUT2D eigenvalue weighted by Gasteiger charge is -2.21. The van der Waals surface area contributed by atoms with Gasteiger partial charge in [-0.1, -0.05) is 6.07 Å². The average molecular weight is 250 g/mol. The molecule has 2 atom stereocenters. The van der Waals surface area contributed by atoms with Gasteiger partial charge in [-0.05, 0) is 11.6 Å². The Balaban J connectivity index is 2.06. The molecular formula is C12H14N2O4. The van der Waals surface area contributed by atoms with Crippen LogP contribution in [0.5, 0.6) is 0 Å². The van der Waals surface area contributed by atoms with Crippen LogP contribution in [0.2, 0.25) is 0 Å². The van der Waals surface area contributed by atoms with Crippen LogP contribution in [0.4, 0.5) is 0 Å². The minimum Gasteiger partial charge on any atom is -0.480 e. The van der Waals surface area contributed by atoms with E-state index in [4.69, 9.17) is 5.11 Å². The van der Waals surface area contributed by atoms with Gasteiger partial charge >= 0.3 is 5.97 Å². The zero-order chi connectivity index (χ0) is 13.1. The number of hydrogen-bond donors (Lipinski definition) is 2. The Morgan fingerprint density at radius 3 is 2.89 bits per heavy atom. The van der Waals surface area contributed by atoms with E-state index in [9.17, 15) is 14.7 Å². The van der Waals surface area contributed by atoms with E-state index in [1.165, 1.54) is 4.90 Å². The molecule has 0 aromatic carbocycles. The SMILES string of the molecule is O=C(O)[C@@H]1C[C@H](O)CN1C(=O)Cc1cccnc1. The monoisotopic (exact) mass is 250 g/mol. The molecule has 0 unspecified atom stereocenters. The number of aliphatic hydroxyl groups is 1. The maximum absolute atomic E-state index is 12.0. The maximum Gasteiger partial charge on any atom is 0.326 e. The summed E-state index contributed by atoms with van der Waals surface area (Å²) in [6.07, 6.45) is 2.61. The van der Waals surface area contributed by atoms with Gasteiger partial charge in [0.2, 0.25) is 5.91 Å². The van der Waals surface area contributed by atoms with E-state index in [-0.39, 0.29) is 25.3 Å². The molecular weight excluding hydrogens is 236 g/mol.